The van der Waals surface area contributed by atoms with Crippen LogP contribution in [0.1, 0.15) is 13.8 Å². The van der Waals surface area contributed by atoms with Gasteiger partial charge in [0.25, 0.3) is 0 Å². The monoisotopic (exact) mass is 162 g/mol. The molecule has 2 nitrogen and oxygen atoms in total. The molecule has 0 aromatic heterocycles. The van der Waals surface area contributed by atoms with E-state index < -0.39 is 0 Å². The van der Waals surface area contributed by atoms with E-state index in [1.165, 1.54) is 5.57 Å². The quantitative estimate of drug-likeness (QED) is 0.345. The van der Waals surface area contributed by atoms with Gasteiger partial charge in [-0.3, -0.25) is 0 Å². The van der Waals surface area contributed by atoms with E-state index in [0.717, 1.165) is 5.57 Å². The number of hydrogen-bond donors (Lipinski definition) is 0. The average molecular weight is 162 g/mol. The molecular formula is C10H14N2. The lowest BCUT2D eigenvalue weighted by atomic mass is 10.2. The van der Waals surface area contributed by atoms with Crippen molar-refractivity contribution in [1.82, 2.24) is 0 Å². The Bertz CT molecular complexity index is 245. The lowest BCUT2D eigenvalue weighted by molar-refractivity contribution is 1.28. The summed E-state index contributed by atoms with van der Waals surface area (Å²) in [7, 11) is 0. The molecule has 0 aromatic carbocycles. The van der Waals surface area contributed by atoms with Crippen LogP contribution in [0.4, 0.5) is 0 Å². The molecule has 0 atom stereocenters. The topological polar surface area (TPSA) is 24.7 Å². The van der Waals surface area contributed by atoms with Crippen molar-refractivity contribution in [3.8, 4) is 0 Å². The summed E-state index contributed by atoms with van der Waals surface area (Å²) < 4.78 is 0. The largest absolute Gasteiger partial charge is 0.167 e. The third-order valence-electron chi connectivity index (χ3n) is 1.32. The minimum atomic E-state index is 0.809. The Balaban J connectivity index is 4.09. The van der Waals surface area contributed by atoms with E-state index in [1.54, 1.807) is 6.21 Å². The Hall–Kier alpha value is -1.44. The van der Waals surface area contributed by atoms with Crippen molar-refractivity contribution in [2.75, 3.05) is 0 Å². The third kappa shape index (κ3) is 5.35. The van der Waals surface area contributed by atoms with Gasteiger partial charge in [-0.2, -0.15) is 10.2 Å². The summed E-state index contributed by atoms with van der Waals surface area (Å²) in [6.45, 7) is 11.0. The minimum absolute atomic E-state index is 0.809. The predicted octanol–water partition coefficient (Wildman–Crippen LogP) is 2.75. The number of allylic oxidation sites excluding steroid dienone is 5. The van der Waals surface area contributed by atoms with Crippen molar-refractivity contribution in [3.63, 3.8) is 0 Å². The first-order chi connectivity index (χ1) is 5.70. The van der Waals surface area contributed by atoms with Gasteiger partial charge in [0.2, 0.25) is 0 Å². The van der Waals surface area contributed by atoms with E-state index in [-0.39, 0.29) is 0 Å². The Morgan fingerprint density at radius 1 is 1.33 bits per heavy atom. The van der Waals surface area contributed by atoms with Crippen LogP contribution in [0, 0.1) is 0 Å². The predicted molar refractivity (Wildman–Crippen MR) is 55.8 cm³/mol. The van der Waals surface area contributed by atoms with Crippen LogP contribution in [0.3, 0.4) is 0 Å². The molecule has 0 aromatic rings. The van der Waals surface area contributed by atoms with Gasteiger partial charge in [-0.25, -0.2) is 0 Å². The molecule has 2 heteroatoms. The molecular weight excluding hydrogens is 148 g/mol. The maximum atomic E-state index is 3.75. The van der Waals surface area contributed by atoms with Crippen molar-refractivity contribution in [1.29, 1.82) is 0 Å². The summed E-state index contributed by atoms with van der Waals surface area (Å²) in [6.07, 6.45) is 7.43. The number of rotatable bonds is 4. The van der Waals surface area contributed by atoms with Gasteiger partial charge in [-0.05, 0) is 19.4 Å². The van der Waals surface area contributed by atoms with E-state index in [1.807, 2.05) is 32.1 Å². The van der Waals surface area contributed by atoms with Gasteiger partial charge in [0, 0.05) is 6.72 Å². The van der Waals surface area contributed by atoms with Gasteiger partial charge >= 0.3 is 0 Å². The number of hydrogen-bond acceptors (Lipinski definition) is 2. The van der Waals surface area contributed by atoms with Gasteiger partial charge in [0.05, 0.1) is 6.21 Å². The summed E-state index contributed by atoms with van der Waals surface area (Å²) >= 11 is 0. The summed E-state index contributed by atoms with van der Waals surface area (Å²) in [6, 6.07) is 0. The molecule has 0 radical (unpaired) electrons. The van der Waals surface area contributed by atoms with Gasteiger partial charge in [-0.1, -0.05) is 30.4 Å². The first-order valence-electron chi connectivity index (χ1n) is 3.69. The molecule has 0 bridgehead atoms. The first kappa shape index (κ1) is 10.6. The highest BCUT2D eigenvalue weighted by molar-refractivity contribution is 5.81. The van der Waals surface area contributed by atoms with Crippen LogP contribution in [0.2, 0.25) is 0 Å². The number of nitrogens with zero attached hydrogens (tertiary/aromatic N) is 2. The van der Waals surface area contributed by atoms with Crippen LogP contribution in [-0.4, -0.2) is 12.9 Å². The fourth-order valence-electron chi connectivity index (χ4n) is 0.493. The molecule has 0 aliphatic rings. The maximum Gasteiger partial charge on any atom is 0.0561 e. The molecule has 0 fully saturated rings. The molecule has 0 N–H and O–H groups in total. The second-order valence-corrected chi connectivity index (χ2v) is 2.33. The van der Waals surface area contributed by atoms with Crippen LogP contribution in [-0.2, 0) is 0 Å². The minimum Gasteiger partial charge on any atom is -0.167 e. The van der Waals surface area contributed by atoms with E-state index in [2.05, 4.69) is 23.5 Å². The van der Waals surface area contributed by atoms with Crippen LogP contribution in [0.15, 0.2) is 46.2 Å². The van der Waals surface area contributed by atoms with E-state index in [4.69, 9.17) is 0 Å². The van der Waals surface area contributed by atoms with Gasteiger partial charge in [-0.15, -0.1) is 0 Å². The van der Waals surface area contributed by atoms with Crippen molar-refractivity contribution < 1.29 is 0 Å². The molecule has 0 spiro atoms. The summed E-state index contributed by atoms with van der Waals surface area (Å²) in [5.74, 6) is 0. The van der Waals surface area contributed by atoms with Crippen LogP contribution < -0.4 is 0 Å². The standard InChI is InChI=1S/C10H14N2/c1-5-9(2)6-7-10(3)8-12-11-4/h5-8H,3-4H2,1-2H3/b7-6-,9-5-,12-8+. The molecule has 0 aliphatic heterocycles. The Kier molecular flexibility index (Phi) is 5.53. The maximum absolute atomic E-state index is 3.75. The lowest BCUT2D eigenvalue weighted by Gasteiger charge is -1.88. The van der Waals surface area contributed by atoms with Crippen molar-refractivity contribution >= 4 is 12.9 Å². The summed E-state index contributed by atoms with van der Waals surface area (Å²) in [4.78, 5) is 0. The zero-order valence-corrected chi connectivity index (χ0v) is 7.62. The van der Waals surface area contributed by atoms with Crippen molar-refractivity contribution in [2.45, 2.75) is 13.8 Å². The molecule has 0 saturated carbocycles. The third-order valence-corrected chi connectivity index (χ3v) is 1.32. The van der Waals surface area contributed by atoms with Crippen molar-refractivity contribution in [2.24, 2.45) is 10.2 Å². The molecule has 0 amide bonds. The molecule has 64 valence electrons. The molecule has 0 rings (SSSR count). The van der Waals surface area contributed by atoms with Crippen LogP contribution in [0.5, 0.6) is 0 Å². The van der Waals surface area contributed by atoms with E-state index >= 15 is 0 Å². The fourth-order valence-corrected chi connectivity index (χ4v) is 0.493. The molecule has 0 unspecified atom stereocenters. The molecule has 0 saturated heterocycles. The van der Waals surface area contributed by atoms with Crippen molar-refractivity contribution in [3.05, 3.63) is 36.0 Å². The van der Waals surface area contributed by atoms with Gasteiger partial charge < -0.3 is 0 Å². The first-order valence-corrected chi connectivity index (χ1v) is 3.69. The second kappa shape index (κ2) is 6.28. The molecule has 12 heavy (non-hydrogen) atoms. The Labute approximate surface area is 73.7 Å². The SMILES string of the molecule is C=N/N=C/C(=C)/C=C\C(C)=C/C. The fraction of sp³-hybridized carbons (Fsp3) is 0.200. The Morgan fingerprint density at radius 3 is 2.50 bits per heavy atom. The zero-order valence-electron chi connectivity index (χ0n) is 7.62. The zero-order chi connectivity index (χ0) is 9.40. The highest BCUT2D eigenvalue weighted by Crippen LogP contribution is 1.97. The lowest BCUT2D eigenvalue weighted by Crippen LogP contribution is -1.75. The highest BCUT2D eigenvalue weighted by Gasteiger charge is 1.80. The molecule has 0 aliphatic carbocycles. The summed E-state index contributed by atoms with van der Waals surface area (Å²) in [5, 5.41) is 6.93. The molecule has 0 heterocycles. The van der Waals surface area contributed by atoms with Crippen LogP contribution in [0.25, 0.3) is 0 Å². The normalized spacial score (nSPS) is 12.7. The second-order valence-electron chi connectivity index (χ2n) is 2.33. The average Bonchev–Trinajstić information content (AvgIpc) is 2.10. The van der Waals surface area contributed by atoms with Crippen LogP contribution >= 0.6 is 0 Å². The smallest absolute Gasteiger partial charge is 0.0561 e. The van der Waals surface area contributed by atoms with E-state index in [0.29, 0.717) is 0 Å². The van der Waals surface area contributed by atoms with E-state index in [9.17, 15) is 0 Å². The van der Waals surface area contributed by atoms with Gasteiger partial charge in [0.1, 0.15) is 0 Å². The Morgan fingerprint density at radius 2 is 2.00 bits per heavy atom. The summed E-state index contributed by atoms with van der Waals surface area (Å²) in [5.41, 5.74) is 2.00. The highest BCUT2D eigenvalue weighted by atomic mass is 15.2. The van der Waals surface area contributed by atoms with Gasteiger partial charge in [0.15, 0.2) is 0 Å².